The second-order valence-electron chi connectivity index (χ2n) is 6.56. The van der Waals surface area contributed by atoms with Gasteiger partial charge in [-0.2, -0.15) is 0 Å². The first-order valence-corrected chi connectivity index (χ1v) is 8.86. The van der Waals surface area contributed by atoms with Crippen molar-refractivity contribution >= 4 is 5.91 Å². The van der Waals surface area contributed by atoms with Crippen molar-refractivity contribution in [2.24, 2.45) is 11.5 Å². The normalized spacial score (nSPS) is 13.0. The average Bonchev–Trinajstić information content (AvgIpc) is 2.69. The molecule has 2 atom stereocenters. The maximum absolute atomic E-state index is 11.1. The van der Waals surface area contributed by atoms with Crippen LogP contribution < -0.4 is 16.2 Å². The highest BCUT2D eigenvalue weighted by atomic mass is 16.5. The van der Waals surface area contributed by atoms with Crippen molar-refractivity contribution in [3.05, 3.63) is 89.6 Å². The van der Waals surface area contributed by atoms with Gasteiger partial charge in [-0.25, -0.2) is 4.98 Å². The summed E-state index contributed by atoms with van der Waals surface area (Å²) in [6, 6.07) is 21.3. The minimum atomic E-state index is -0.515. The molecule has 1 amide bonds. The van der Waals surface area contributed by atoms with Crippen LogP contribution in [0.25, 0.3) is 0 Å². The van der Waals surface area contributed by atoms with E-state index in [2.05, 4.69) is 24.0 Å². The standard InChI is InChI=1S/C22H23N3O2/c1-15(20(23)13-16-5-3-2-4-6-16)17-7-10-19(11-8-17)27-21-12-9-18(14-25-21)22(24)26/h2-12,14-15,20H,13,23H2,1H3,(H2,24,26). The third kappa shape index (κ3) is 4.92. The molecule has 5 nitrogen and oxygen atoms in total. The summed E-state index contributed by atoms with van der Waals surface area (Å²) in [5, 5.41) is 0. The van der Waals surface area contributed by atoms with Crippen molar-refractivity contribution in [1.29, 1.82) is 0 Å². The Bertz CT molecular complexity index is 878. The number of amides is 1. The van der Waals surface area contributed by atoms with E-state index < -0.39 is 5.91 Å². The van der Waals surface area contributed by atoms with Crippen LogP contribution in [-0.2, 0) is 6.42 Å². The van der Waals surface area contributed by atoms with E-state index in [9.17, 15) is 4.79 Å². The van der Waals surface area contributed by atoms with E-state index >= 15 is 0 Å². The maximum Gasteiger partial charge on any atom is 0.250 e. The van der Waals surface area contributed by atoms with E-state index in [1.54, 1.807) is 12.1 Å². The van der Waals surface area contributed by atoms with Crippen molar-refractivity contribution in [2.45, 2.75) is 25.3 Å². The Labute approximate surface area is 159 Å². The summed E-state index contributed by atoms with van der Waals surface area (Å²) in [7, 11) is 0. The first-order chi connectivity index (χ1) is 13.0. The molecule has 0 spiro atoms. The monoisotopic (exact) mass is 361 g/mol. The molecule has 2 aromatic carbocycles. The fraction of sp³-hybridized carbons (Fsp3) is 0.182. The molecule has 27 heavy (non-hydrogen) atoms. The van der Waals surface area contributed by atoms with E-state index in [1.165, 1.54) is 11.8 Å². The molecule has 5 heteroatoms. The summed E-state index contributed by atoms with van der Waals surface area (Å²) < 4.78 is 5.71. The van der Waals surface area contributed by atoms with Gasteiger partial charge in [-0.15, -0.1) is 0 Å². The van der Waals surface area contributed by atoms with Crippen molar-refractivity contribution in [2.75, 3.05) is 0 Å². The number of nitrogens with two attached hydrogens (primary N) is 2. The van der Waals surface area contributed by atoms with E-state index in [4.69, 9.17) is 16.2 Å². The second-order valence-corrected chi connectivity index (χ2v) is 6.56. The topological polar surface area (TPSA) is 91.2 Å². The predicted octanol–water partition coefficient (Wildman–Crippen LogP) is 3.65. The summed E-state index contributed by atoms with van der Waals surface area (Å²) in [4.78, 5) is 15.2. The van der Waals surface area contributed by atoms with Gasteiger partial charge in [0.05, 0.1) is 5.56 Å². The number of rotatable bonds is 7. The second kappa shape index (κ2) is 8.47. The molecule has 0 fully saturated rings. The number of benzene rings is 2. The van der Waals surface area contributed by atoms with Crippen LogP contribution in [0.4, 0.5) is 0 Å². The zero-order valence-electron chi connectivity index (χ0n) is 15.2. The lowest BCUT2D eigenvalue weighted by molar-refractivity contribution is 0.1000. The summed E-state index contributed by atoms with van der Waals surface area (Å²) in [6.07, 6.45) is 2.23. The lowest BCUT2D eigenvalue weighted by Gasteiger charge is -2.20. The van der Waals surface area contributed by atoms with Gasteiger partial charge < -0.3 is 16.2 Å². The Kier molecular flexibility index (Phi) is 5.84. The van der Waals surface area contributed by atoms with Crippen molar-refractivity contribution < 1.29 is 9.53 Å². The number of carbonyl (C=O) groups is 1. The Balaban J connectivity index is 1.63. The zero-order chi connectivity index (χ0) is 19.2. The molecule has 138 valence electrons. The van der Waals surface area contributed by atoms with Crippen molar-refractivity contribution in [1.82, 2.24) is 4.98 Å². The van der Waals surface area contributed by atoms with Crippen LogP contribution in [0.15, 0.2) is 72.9 Å². The van der Waals surface area contributed by atoms with Gasteiger partial charge in [0.15, 0.2) is 0 Å². The minimum Gasteiger partial charge on any atom is -0.439 e. The molecule has 3 rings (SSSR count). The smallest absolute Gasteiger partial charge is 0.250 e. The van der Waals surface area contributed by atoms with E-state index in [0.29, 0.717) is 17.2 Å². The molecule has 1 heterocycles. The van der Waals surface area contributed by atoms with Gasteiger partial charge in [-0.3, -0.25) is 4.79 Å². The van der Waals surface area contributed by atoms with Gasteiger partial charge in [0.25, 0.3) is 0 Å². The van der Waals surface area contributed by atoms with Crippen LogP contribution in [-0.4, -0.2) is 16.9 Å². The van der Waals surface area contributed by atoms with Gasteiger partial charge >= 0.3 is 0 Å². The Morgan fingerprint density at radius 2 is 1.74 bits per heavy atom. The van der Waals surface area contributed by atoms with E-state index in [1.807, 2.05) is 42.5 Å². The number of hydrogen-bond donors (Lipinski definition) is 2. The van der Waals surface area contributed by atoms with Crippen molar-refractivity contribution in [3.63, 3.8) is 0 Å². The van der Waals surface area contributed by atoms with Crippen LogP contribution in [0.2, 0.25) is 0 Å². The quantitative estimate of drug-likeness (QED) is 0.672. The number of carbonyl (C=O) groups excluding carboxylic acids is 1. The Hall–Kier alpha value is -3.18. The molecule has 0 aliphatic carbocycles. The molecule has 4 N–H and O–H groups in total. The highest BCUT2D eigenvalue weighted by molar-refractivity contribution is 5.92. The van der Waals surface area contributed by atoms with E-state index in [-0.39, 0.29) is 12.0 Å². The molecule has 0 saturated heterocycles. The molecule has 0 saturated carbocycles. The summed E-state index contributed by atoms with van der Waals surface area (Å²) in [6.45, 7) is 2.13. The zero-order valence-corrected chi connectivity index (χ0v) is 15.2. The number of nitrogens with zero attached hydrogens (tertiary/aromatic N) is 1. The number of hydrogen-bond acceptors (Lipinski definition) is 4. The fourth-order valence-corrected chi connectivity index (χ4v) is 2.86. The van der Waals surface area contributed by atoms with Crippen LogP contribution >= 0.6 is 0 Å². The molecule has 0 radical (unpaired) electrons. The van der Waals surface area contributed by atoms with E-state index in [0.717, 1.165) is 12.0 Å². The number of primary amides is 1. The van der Waals surface area contributed by atoms with Gasteiger partial charge in [0, 0.05) is 18.3 Å². The van der Waals surface area contributed by atoms with Gasteiger partial charge in [-0.05, 0) is 41.7 Å². The number of aromatic nitrogens is 1. The third-order valence-electron chi connectivity index (χ3n) is 4.61. The molecule has 0 bridgehead atoms. The van der Waals surface area contributed by atoms with Crippen LogP contribution in [0, 0.1) is 0 Å². The first kappa shape index (κ1) is 18.6. The highest BCUT2D eigenvalue weighted by Crippen LogP contribution is 2.25. The van der Waals surface area contributed by atoms with Crippen LogP contribution in [0.1, 0.15) is 34.3 Å². The summed E-state index contributed by atoms with van der Waals surface area (Å²) >= 11 is 0. The molecular weight excluding hydrogens is 338 g/mol. The average molecular weight is 361 g/mol. The Morgan fingerprint density at radius 3 is 2.33 bits per heavy atom. The molecule has 0 aliphatic heterocycles. The SMILES string of the molecule is CC(c1ccc(Oc2ccc(C(N)=O)cn2)cc1)C(N)Cc1ccccc1. The lowest BCUT2D eigenvalue weighted by atomic mass is 9.90. The molecule has 1 aromatic heterocycles. The fourth-order valence-electron chi connectivity index (χ4n) is 2.86. The van der Waals surface area contributed by atoms with Gasteiger partial charge in [-0.1, -0.05) is 49.4 Å². The molecule has 3 aromatic rings. The number of ether oxygens (including phenoxy) is 1. The maximum atomic E-state index is 11.1. The Morgan fingerprint density at radius 1 is 1.04 bits per heavy atom. The molecule has 2 unspecified atom stereocenters. The summed E-state index contributed by atoms with van der Waals surface area (Å²) in [5.74, 6) is 0.773. The van der Waals surface area contributed by atoms with Crippen LogP contribution in [0.5, 0.6) is 11.6 Å². The van der Waals surface area contributed by atoms with Gasteiger partial charge in [0.2, 0.25) is 11.8 Å². The summed E-state index contributed by atoms with van der Waals surface area (Å²) in [5.41, 5.74) is 14.3. The molecular formula is C22H23N3O2. The number of pyridine rings is 1. The minimum absolute atomic E-state index is 0.0298. The van der Waals surface area contributed by atoms with Crippen molar-refractivity contribution in [3.8, 4) is 11.6 Å². The highest BCUT2D eigenvalue weighted by Gasteiger charge is 2.15. The van der Waals surface area contributed by atoms with Crippen LogP contribution in [0.3, 0.4) is 0 Å². The molecule has 0 aliphatic rings. The predicted molar refractivity (Wildman–Crippen MR) is 106 cm³/mol. The van der Waals surface area contributed by atoms with Gasteiger partial charge in [0.1, 0.15) is 5.75 Å². The lowest BCUT2D eigenvalue weighted by Crippen LogP contribution is -2.29. The largest absolute Gasteiger partial charge is 0.439 e. The first-order valence-electron chi connectivity index (χ1n) is 8.86. The third-order valence-corrected chi connectivity index (χ3v) is 4.61.